The molecule has 1 atom stereocenters. The van der Waals surface area contributed by atoms with Crippen LogP contribution in [0.4, 0.5) is 0 Å². The molecule has 0 fully saturated rings. The summed E-state index contributed by atoms with van der Waals surface area (Å²) in [6.07, 6.45) is 7.81. The third kappa shape index (κ3) is 6.47. The quantitative estimate of drug-likeness (QED) is 0.162. The Hall–Kier alpha value is -2.27. The maximum atomic E-state index is 12.6. The van der Waals surface area contributed by atoms with Crippen molar-refractivity contribution in [2.24, 2.45) is 0 Å². The molecule has 0 amide bonds. The van der Waals surface area contributed by atoms with E-state index in [1.165, 1.54) is 42.4 Å². The van der Waals surface area contributed by atoms with Gasteiger partial charge < -0.3 is 13.9 Å². The van der Waals surface area contributed by atoms with Crippen molar-refractivity contribution in [2.45, 2.75) is 124 Å². The lowest BCUT2D eigenvalue weighted by Crippen LogP contribution is -2.44. The van der Waals surface area contributed by atoms with E-state index in [-0.39, 0.29) is 11.0 Å². The van der Waals surface area contributed by atoms with Gasteiger partial charge in [0.1, 0.15) is 17.1 Å². The van der Waals surface area contributed by atoms with Crippen molar-refractivity contribution >= 4 is 14.3 Å². The van der Waals surface area contributed by atoms with Gasteiger partial charge in [-0.3, -0.25) is 0 Å². The van der Waals surface area contributed by atoms with Gasteiger partial charge in [0.15, 0.2) is 0 Å². The molecule has 1 aliphatic rings. The van der Waals surface area contributed by atoms with Crippen LogP contribution in [-0.2, 0) is 16.8 Å². The van der Waals surface area contributed by atoms with Gasteiger partial charge in [-0.15, -0.1) is 0 Å². The summed E-state index contributed by atoms with van der Waals surface area (Å²) in [6.45, 7) is 22.7. The second-order valence-corrected chi connectivity index (χ2v) is 17.6. The molecule has 0 saturated carbocycles. The minimum Gasteiger partial charge on any atom is -0.543 e. The van der Waals surface area contributed by atoms with Crippen molar-refractivity contribution in [1.82, 2.24) is 0 Å². The largest absolute Gasteiger partial charge is 0.543 e. The van der Waals surface area contributed by atoms with Crippen LogP contribution in [0.5, 0.6) is 11.5 Å². The molecule has 0 spiro atoms. The van der Waals surface area contributed by atoms with Gasteiger partial charge in [0.2, 0.25) is 0 Å². The molecule has 0 bridgehead atoms. The maximum absolute atomic E-state index is 12.6. The molecule has 0 aliphatic carbocycles. The molecular formula is C33H50O4Si. The van der Waals surface area contributed by atoms with E-state index >= 15 is 0 Å². The Morgan fingerprint density at radius 1 is 0.947 bits per heavy atom. The first-order valence-electron chi connectivity index (χ1n) is 14.5. The van der Waals surface area contributed by atoms with E-state index in [9.17, 15) is 4.79 Å². The van der Waals surface area contributed by atoms with Gasteiger partial charge in [0.25, 0.3) is 8.32 Å². The molecule has 2 aromatic carbocycles. The molecule has 2 aromatic rings. The summed E-state index contributed by atoms with van der Waals surface area (Å²) in [7, 11) is -1.99. The number of ether oxygens (including phenoxy) is 2. The van der Waals surface area contributed by atoms with Crippen molar-refractivity contribution in [3.63, 3.8) is 0 Å². The summed E-state index contributed by atoms with van der Waals surface area (Å²) in [4.78, 5) is 12.6. The molecule has 3 rings (SSSR count). The number of unbranched alkanes of at least 4 members (excludes halogenated alkanes) is 5. The highest BCUT2D eigenvalue weighted by atomic mass is 28.4. The van der Waals surface area contributed by atoms with Crippen molar-refractivity contribution in [1.29, 1.82) is 0 Å². The molecule has 0 saturated heterocycles. The van der Waals surface area contributed by atoms with Crippen molar-refractivity contribution in [3.05, 3.63) is 57.6 Å². The number of hydrogen-bond acceptors (Lipinski definition) is 4. The van der Waals surface area contributed by atoms with E-state index in [0.717, 1.165) is 41.9 Å². The second kappa shape index (κ2) is 11.9. The summed E-state index contributed by atoms with van der Waals surface area (Å²) >= 11 is 0. The van der Waals surface area contributed by atoms with Gasteiger partial charge in [0, 0.05) is 12.0 Å². The Balaban J connectivity index is 1.72. The maximum Gasteiger partial charge on any atom is 0.338 e. The number of fused-ring (bicyclic) bond motifs is 1. The zero-order valence-corrected chi connectivity index (χ0v) is 26.6. The number of benzene rings is 2. The third-order valence-corrected chi connectivity index (χ3v) is 13.1. The van der Waals surface area contributed by atoms with E-state index in [0.29, 0.717) is 12.2 Å². The van der Waals surface area contributed by atoms with Crippen LogP contribution in [0, 0.1) is 20.8 Å². The molecule has 1 aliphatic heterocycles. The van der Waals surface area contributed by atoms with Crippen LogP contribution in [0.15, 0.2) is 24.3 Å². The summed E-state index contributed by atoms with van der Waals surface area (Å²) in [5.41, 5.74) is 5.88. The van der Waals surface area contributed by atoms with Crippen LogP contribution in [-0.4, -0.2) is 20.9 Å². The lowest BCUT2D eigenvalue weighted by atomic mass is 9.88. The minimum absolute atomic E-state index is 0.126. The van der Waals surface area contributed by atoms with Gasteiger partial charge >= 0.3 is 5.97 Å². The van der Waals surface area contributed by atoms with Gasteiger partial charge in [-0.1, -0.05) is 71.9 Å². The Labute approximate surface area is 232 Å². The molecular weight excluding hydrogens is 488 g/mol. The zero-order chi connectivity index (χ0) is 28.3. The van der Waals surface area contributed by atoms with E-state index in [2.05, 4.69) is 68.5 Å². The van der Waals surface area contributed by atoms with Crippen LogP contribution in [0.2, 0.25) is 18.1 Å². The number of rotatable bonds is 11. The van der Waals surface area contributed by atoms with E-state index in [1.54, 1.807) is 0 Å². The molecule has 0 aromatic heterocycles. The highest BCUT2D eigenvalue weighted by molar-refractivity contribution is 6.74. The predicted molar refractivity (Wildman–Crippen MR) is 160 cm³/mol. The third-order valence-electron chi connectivity index (χ3n) is 8.78. The van der Waals surface area contributed by atoms with Crippen molar-refractivity contribution < 1.29 is 18.7 Å². The van der Waals surface area contributed by atoms with Gasteiger partial charge in [-0.25, -0.2) is 4.79 Å². The summed E-state index contributed by atoms with van der Waals surface area (Å²) in [5, 5.41) is 0.126. The first-order chi connectivity index (χ1) is 17.7. The molecule has 1 unspecified atom stereocenters. The van der Waals surface area contributed by atoms with Crippen molar-refractivity contribution in [2.75, 3.05) is 6.61 Å². The topological polar surface area (TPSA) is 44.8 Å². The number of hydrogen-bond donors (Lipinski definition) is 0. The van der Waals surface area contributed by atoms with Crippen LogP contribution in [0.25, 0.3) is 0 Å². The fraction of sp³-hybridized carbons (Fsp3) is 0.606. The fourth-order valence-electron chi connectivity index (χ4n) is 4.92. The lowest BCUT2D eigenvalue weighted by Gasteiger charge is -2.38. The SMILES string of the molecule is CCCCCCCCOC(=O)c1ccc(C2(C)Cc3c(C)c(O[Si](C)(C)C(C)(C)C)c(C)c(C)c3O2)cc1. The first kappa shape index (κ1) is 30.3. The molecule has 0 radical (unpaired) electrons. The second-order valence-electron chi connectivity index (χ2n) is 12.9. The Morgan fingerprint density at radius 2 is 1.55 bits per heavy atom. The fourth-order valence-corrected chi connectivity index (χ4v) is 6.04. The Morgan fingerprint density at radius 3 is 2.16 bits per heavy atom. The molecule has 38 heavy (non-hydrogen) atoms. The highest BCUT2D eigenvalue weighted by Gasteiger charge is 2.43. The van der Waals surface area contributed by atoms with Crippen LogP contribution in [0.3, 0.4) is 0 Å². The predicted octanol–water partition coefficient (Wildman–Crippen LogP) is 9.36. The smallest absolute Gasteiger partial charge is 0.338 e. The Bertz CT molecular complexity index is 1130. The van der Waals surface area contributed by atoms with E-state index < -0.39 is 13.9 Å². The normalized spacial score (nSPS) is 17.2. The minimum atomic E-state index is -1.99. The monoisotopic (exact) mass is 538 g/mol. The first-order valence-corrected chi connectivity index (χ1v) is 17.4. The number of carbonyl (C=O) groups is 1. The molecule has 4 nitrogen and oxygen atoms in total. The van der Waals surface area contributed by atoms with Gasteiger partial charge in [-0.2, -0.15) is 0 Å². The van der Waals surface area contributed by atoms with Gasteiger partial charge in [0.05, 0.1) is 12.2 Å². The van der Waals surface area contributed by atoms with Crippen molar-refractivity contribution in [3.8, 4) is 11.5 Å². The summed E-state index contributed by atoms with van der Waals surface area (Å²) < 4.78 is 19.0. The molecule has 0 N–H and O–H groups in total. The molecule has 210 valence electrons. The lowest BCUT2D eigenvalue weighted by molar-refractivity contribution is 0.0497. The molecule has 5 heteroatoms. The zero-order valence-electron chi connectivity index (χ0n) is 25.6. The Kier molecular flexibility index (Phi) is 9.44. The average Bonchev–Trinajstić information content (AvgIpc) is 3.23. The summed E-state index contributed by atoms with van der Waals surface area (Å²) in [6, 6.07) is 7.76. The standard InChI is InChI=1S/C33H50O4Si/c1-11-12-13-14-15-16-21-35-31(34)26-17-19-27(20-18-26)33(8)22-28-25(4)29(23(2)24(3)30(28)36-33)37-38(9,10)32(5,6)7/h17-20H,11-16,21-22H2,1-10H3. The van der Waals surface area contributed by atoms with E-state index in [4.69, 9.17) is 13.9 Å². The number of carbonyl (C=O) groups excluding carboxylic acids is 1. The highest BCUT2D eigenvalue weighted by Crippen LogP contribution is 2.50. The summed E-state index contributed by atoms with van der Waals surface area (Å²) in [5.74, 6) is 1.76. The molecule has 1 heterocycles. The van der Waals surface area contributed by atoms with Gasteiger partial charge in [-0.05, 0) is 86.6 Å². The van der Waals surface area contributed by atoms with Crippen LogP contribution in [0.1, 0.15) is 111 Å². The van der Waals surface area contributed by atoms with Crippen LogP contribution < -0.4 is 9.16 Å². The van der Waals surface area contributed by atoms with Crippen LogP contribution >= 0.6 is 0 Å². The average molecular weight is 539 g/mol. The number of esters is 1. The van der Waals surface area contributed by atoms with E-state index in [1.807, 2.05) is 24.3 Å².